The summed E-state index contributed by atoms with van der Waals surface area (Å²) in [6, 6.07) is 22.8. The molecule has 1 N–H and O–H groups in total. The zero-order valence-corrected chi connectivity index (χ0v) is 20.0. The lowest BCUT2D eigenvalue weighted by Gasteiger charge is -2.08. The topological polar surface area (TPSA) is 85.2 Å². The zero-order valence-electron chi connectivity index (χ0n) is 19.2. The van der Waals surface area contributed by atoms with Gasteiger partial charge in [-0.25, -0.2) is 4.98 Å². The quantitative estimate of drug-likeness (QED) is 0.332. The first-order chi connectivity index (χ1) is 17.1. The molecule has 8 heteroatoms. The van der Waals surface area contributed by atoms with Crippen LogP contribution in [-0.2, 0) is 7.05 Å². The Morgan fingerprint density at radius 3 is 2.34 bits per heavy atom. The average Bonchev–Trinajstić information content (AvgIpc) is 3.51. The van der Waals surface area contributed by atoms with Crippen LogP contribution in [-0.4, -0.2) is 34.7 Å². The Labute approximate surface area is 206 Å². The van der Waals surface area contributed by atoms with Gasteiger partial charge >= 0.3 is 0 Å². The maximum Gasteiger partial charge on any atom is 0.195 e. The van der Waals surface area contributed by atoms with Gasteiger partial charge in [0.05, 0.1) is 5.52 Å². The number of aromatic amines is 1. The number of benzene rings is 2. The summed E-state index contributed by atoms with van der Waals surface area (Å²) in [4.78, 5) is 18.2. The number of pyridine rings is 2. The third kappa shape index (κ3) is 4.20. The van der Waals surface area contributed by atoms with Gasteiger partial charge in [0.25, 0.3) is 0 Å². The van der Waals surface area contributed by atoms with Crippen LogP contribution in [0.25, 0.3) is 44.8 Å². The first-order valence-corrected chi connectivity index (χ1v) is 12.0. The van der Waals surface area contributed by atoms with Gasteiger partial charge in [0, 0.05) is 35.6 Å². The lowest BCUT2D eigenvalue weighted by Crippen LogP contribution is -1.90. The molecular weight excluding hydrogens is 454 g/mol. The molecule has 0 atom stereocenters. The minimum Gasteiger partial charge on any atom is -0.337 e. The van der Waals surface area contributed by atoms with Crippen LogP contribution in [0.2, 0.25) is 0 Å². The Hall–Kier alpha value is -4.30. The van der Waals surface area contributed by atoms with Crippen molar-refractivity contribution in [3.63, 3.8) is 0 Å². The molecule has 0 amide bonds. The molecule has 4 aromatic heterocycles. The van der Waals surface area contributed by atoms with Crippen molar-refractivity contribution in [3.8, 4) is 33.8 Å². The molecule has 0 spiro atoms. The lowest BCUT2D eigenvalue weighted by atomic mass is 10.0. The van der Waals surface area contributed by atoms with Gasteiger partial charge < -0.3 is 9.55 Å². The highest BCUT2D eigenvalue weighted by Crippen LogP contribution is 2.37. The maximum absolute atomic E-state index is 4.89. The van der Waals surface area contributed by atoms with Gasteiger partial charge in [0.15, 0.2) is 11.0 Å². The number of aromatic nitrogens is 7. The van der Waals surface area contributed by atoms with Crippen molar-refractivity contribution < 1.29 is 0 Å². The monoisotopic (exact) mass is 475 g/mol. The summed E-state index contributed by atoms with van der Waals surface area (Å²) in [7, 11) is 1.94. The minimum absolute atomic E-state index is 0.736. The Morgan fingerprint density at radius 1 is 0.857 bits per heavy atom. The van der Waals surface area contributed by atoms with Crippen molar-refractivity contribution in [2.45, 2.75) is 17.0 Å². The first kappa shape index (κ1) is 21.2. The molecule has 6 aromatic rings. The van der Waals surface area contributed by atoms with Gasteiger partial charge in [-0.15, -0.1) is 10.2 Å². The number of nitrogens with one attached hydrogen (secondary N) is 1. The van der Waals surface area contributed by atoms with E-state index < -0.39 is 0 Å². The number of nitrogens with zero attached hydrogens (tertiary/aromatic N) is 6. The maximum atomic E-state index is 4.89. The van der Waals surface area contributed by atoms with Crippen LogP contribution in [0.1, 0.15) is 5.69 Å². The van der Waals surface area contributed by atoms with E-state index in [0.717, 1.165) is 60.6 Å². The highest BCUT2D eigenvalue weighted by molar-refractivity contribution is 7.99. The number of fused-ring (bicyclic) bond motifs is 1. The van der Waals surface area contributed by atoms with Gasteiger partial charge in [0.2, 0.25) is 0 Å². The molecule has 170 valence electrons. The van der Waals surface area contributed by atoms with Crippen molar-refractivity contribution in [3.05, 3.63) is 91.1 Å². The van der Waals surface area contributed by atoms with E-state index in [1.807, 2.05) is 49.0 Å². The zero-order chi connectivity index (χ0) is 23.8. The molecule has 0 aliphatic rings. The molecule has 4 heterocycles. The second-order valence-corrected chi connectivity index (χ2v) is 9.27. The minimum atomic E-state index is 0.736. The second kappa shape index (κ2) is 8.81. The van der Waals surface area contributed by atoms with E-state index in [2.05, 4.69) is 67.6 Å². The van der Waals surface area contributed by atoms with Crippen LogP contribution in [0.3, 0.4) is 0 Å². The standard InChI is InChI=1S/C27H21N7S/c1-17-6-7-20(15-29-17)18-8-10-19(11-9-18)21-13-23-25(24(14-21)35-27-33-30-16-34(27)2)32-26(31-23)22-5-3-4-12-28-22/h3-16H,1-2H3,(H,31,32). The van der Waals surface area contributed by atoms with Crippen LogP contribution in [0, 0.1) is 6.92 Å². The fraction of sp³-hybridized carbons (Fsp3) is 0.0741. The average molecular weight is 476 g/mol. The summed E-state index contributed by atoms with van der Waals surface area (Å²) in [5.41, 5.74) is 8.08. The van der Waals surface area contributed by atoms with Crippen LogP contribution in [0.5, 0.6) is 0 Å². The number of aryl methyl sites for hydroxylation is 2. The third-order valence-electron chi connectivity index (χ3n) is 5.79. The van der Waals surface area contributed by atoms with E-state index in [9.17, 15) is 0 Å². The number of imidazole rings is 1. The number of H-pyrrole nitrogens is 1. The predicted molar refractivity (Wildman–Crippen MR) is 138 cm³/mol. The molecule has 0 fully saturated rings. The predicted octanol–water partition coefficient (Wildman–Crippen LogP) is 5.94. The van der Waals surface area contributed by atoms with Gasteiger partial charge in [-0.3, -0.25) is 9.97 Å². The largest absolute Gasteiger partial charge is 0.337 e. The molecule has 0 unspecified atom stereocenters. The SMILES string of the molecule is Cc1ccc(-c2ccc(-c3cc(Sc4nncn4C)c4nc(-c5ccccn5)[nH]c4c3)cc2)cn1. The molecule has 0 radical (unpaired) electrons. The van der Waals surface area contributed by atoms with Crippen molar-refractivity contribution >= 4 is 22.8 Å². The molecule has 6 rings (SSSR count). The second-order valence-electron chi connectivity index (χ2n) is 8.26. The number of hydrogen-bond donors (Lipinski definition) is 1. The summed E-state index contributed by atoms with van der Waals surface area (Å²) >= 11 is 1.55. The third-order valence-corrected chi connectivity index (χ3v) is 6.88. The molecule has 0 aliphatic carbocycles. The Bertz CT molecular complexity index is 1620. The summed E-state index contributed by atoms with van der Waals surface area (Å²) in [5, 5.41) is 9.08. The summed E-state index contributed by atoms with van der Waals surface area (Å²) < 4.78 is 1.90. The Balaban J connectivity index is 1.44. The molecule has 35 heavy (non-hydrogen) atoms. The first-order valence-electron chi connectivity index (χ1n) is 11.1. The van der Waals surface area contributed by atoms with E-state index >= 15 is 0 Å². The van der Waals surface area contributed by atoms with Gasteiger partial charge in [-0.05, 0) is 65.7 Å². The van der Waals surface area contributed by atoms with E-state index in [-0.39, 0.29) is 0 Å². The van der Waals surface area contributed by atoms with Gasteiger partial charge in [-0.1, -0.05) is 36.4 Å². The highest BCUT2D eigenvalue weighted by atomic mass is 32.2. The number of hydrogen-bond acceptors (Lipinski definition) is 6. The van der Waals surface area contributed by atoms with Crippen molar-refractivity contribution in [1.29, 1.82) is 0 Å². The van der Waals surface area contributed by atoms with Crippen LogP contribution in [0.4, 0.5) is 0 Å². The van der Waals surface area contributed by atoms with Crippen molar-refractivity contribution in [2.75, 3.05) is 0 Å². The Morgan fingerprint density at radius 2 is 1.66 bits per heavy atom. The van der Waals surface area contributed by atoms with Crippen LogP contribution >= 0.6 is 11.8 Å². The fourth-order valence-electron chi connectivity index (χ4n) is 3.91. The fourth-order valence-corrected chi connectivity index (χ4v) is 4.83. The normalized spacial score (nSPS) is 11.3. The van der Waals surface area contributed by atoms with Gasteiger partial charge in [0.1, 0.15) is 17.5 Å². The van der Waals surface area contributed by atoms with Crippen LogP contribution in [0.15, 0.2) is 95.5 Å². The van der Waals surface area contributed by atoms with Crippen molar-refractivity contribution in [2.24, 2.45) is 7.05 Å². The molecular formula is C27H21N7S. The van der Waals surface area contributed by atoms with E-state index in [1.54, 1.807) is 24.3 Å². The Kier molecular flexibility index (Phi) is 5.35. The molecule has 0 aliphatic heterocycles. The summed E-state index contributed by atoms with van der Waals surface area (Å²) in [6.07, 6.45) is 5.38. The summed E-state index contributed by atoms with van der Waals surface area (Å²) in [6.45, 7) is 1.99. The molecule has 0 saturated heterocycles. The van der Waals surface area contributed by atoms with E-state index in [1.165, 1.54) is 0 Å². The summed E-state index contributed by atoms with van der Waals surface area (Å²) in [5.74, 6) is 0.736. The van der Waals surface area contributed by atoms with E-state index in [0.29, 0.717) is 0 Å². The smallest absolute Gasteiger partial charge is 0.195 e. The molecule has 2 aromatic carbocycles. The molecule has 0 bridgehead atoms. The van der Waals surface area contributed by atoms with Crippen molar-refractivity contribution in [1.82, 2.24) is 34.7 Å². The number of rotatable bonds is 5. The molecule has 7 nitrogen and oxygen atoms in total. The highest BCUT2D eigenvalue weighted by Gasteiger charge is 2.15. The van der Waals surface area contributed by atoms with Crippen LogP contribution < -0.4 is 0 Å². The lowest BCUT2D eigenvalue weighted by molar-refractivity contribution is 0.789. The van der Waals surface area contributed by atoms with E-state index in [4.69, 9.17) is 4.98 Å². The molecule has 0 saturated carbocycles. The van der Waals surface area contributed by atoms with Gasteiger partial charge in [-0.2, -0.15) is 0 Å².